The molecular formula is C21H21ClN2O4. The standard InChI is InChI=1S/C21H21ClN2O4/c22-16-6-7-19-18(10-16)24(21(26)14-28-19)12-20(25)23(11-15-8-9-27-13-15)17-4-2-1-3-5-17/h1-7,10,15H,8-9,11-14H2. The van der Waals surface area contributed by atoms with E-state index in [0.29, 0.717) is 29.6 Å². The molecule has 1 unspecified atom stereocenters. The lowest BCUT2D eigenvalue weighted by Gasteiger charge is -2.32. The van der Waals surface area contributed by atoms with Crippen LogP contribution in [0.15, 0.2) is 48.5 Å². The zero-order valence-corrected chi connectivity index (χ0v) is 16.1. The summed E-state index contributed by atoms with van der Waals surface area (Å²) in [5, 5.41) is 0.484. The van der Waals surface area contributed by atoms with Gasteiger partial charge in [-0.25, -0.2) is 0 Å². The lowest BCUT2D eigenvalue weighted by atomic mass is 10.1. The van der Waals surface area contributed by atoms with Gasteiger partial charge in [0.25, 0.3) is 5.91 Å². The van der Waals surface area contributed by atoms with Gasteiger partial charge in [-0.05, 0) is 36.8 Å². The minimum absolute atomic E-state index is 0.0714. The molecule has 2 aromatic rings. The molecule has 6 nitrogen and oxygen atoms in total. The number of rotatable bonds is 5. The molecule has 7 heteroatoms. The van der Waals surface area contributed by atoms with E-state index in [4.69, 9.17) is 21.1 Å². The van der Waals surface area contributed by atoms with Gasteiger partial charge in [0.05, 0.1) is 12.3 Å². The maximum Gasteiger partial charge on any atom is 0.265 e. The average molecular weight is 401 g/mol. The highest BCUT2D eigenvalue weighted by Crippen LogP contribution is 2.34. The van der Waals surface area contributed by atoms with Gasteiger partial charge in [0, 0.05) is 29.8 Å². The first-order valence-corrected chi connectivity index (χ1v) is 9.65. The van der Waals surface area contributed by atoms with E-state index in [1.54, 1.807) is 23.1 Å². The molecule has 2 aliphatic rings. The first kappa shape index (κ1) is 18.8. The molecule has 0 aromatic heterocycles. The number of ether oxygens (including phenoxy) is 2. The van der Waals surface area contributed by atoms with E-state index in [9.17, 15) is 9.59 Å². The first-order valence-electron chi connectivity index (χ1n) is 9.27. The minimum atomic E-state index is -0.264. The van der Waals surface area contributed by atoms with E-state index in [1.807, 2.05) is 30.3 Å². The molecule has 0 radical (unpaired) electrons. The first-order chi connectivity index (χ1) is 13.6. The monoisotopic (exact) mass is 400 g/mol. The fraction of sp³-hybridized carbons (Fsp3) is 0.333. The highest BCUT2D eigenvalue weighted by atomic mass is 35.5. The van der Waals surface area contributed by atoms with Gasteiger partial charge in [-0.15, -0.1) is 0 Å². The van der Waals surface area contributed by atoms with Gasteiger partial charge in [-0.3, -0.25) is 14.5 Å². The molecule has 28 heavy (non-hydrogen) atoms. The minimum Gasteiger partial charge on any atom is -0.482 e. The Labute approximate surface area is 168 Å². The number of hydrogen-bond acceptors (Lipinski definition) is 4. The normalized spacial score (nSPS) is 18.5. The number of para-hydroxylation sites is 1. The summed E-state index contributed by atoms with van der Waals surface area (Å²) in [5.74, 6) is 0.415. The van der Waals surface area contributed by atoms with Gasteiger partial charge in [0.2, 0.25) is 5.91 Å². The lowest BCUT2D eigenvalue weighted by molar-refractivity contribution is -0.124. The van der Waals surface area contributed by atoms with E-state index in [0.717, 1.165) is 18.7 Å². The molecule has 0 aliphatic carbocycles. The molecular weight excluding hydrogens is 380 g/mol. The van der Waals surface area contributed by atoms with Crippen LogP contribution in [-0.4, -0.2) is 44.7 Å². The molecule has 2 amide bonds. The average Bonchev–Trinajstić information content (AvgIpc) is 3.22. The van der Waals surface area contributed by atoms with Crippen LogP contribution in [0.1, 0.15) is 6.42 Å². The number of halogens is 1. The van der Waals surface area contributed by atoms with Crippen molar-refractivity contribution in [1.82, 2.24) is 0 Å². The fourth-order valence-electron chi connectivity index (χ4n) is 3.51. The van der Waals surface area contributed by atoms with Crippen molar-refractivity contribution in [1.29, 1.82) is 0 Å². The third kappa shape index (κ3) is 3.98. The lowest BCUT2D eigenvalue weighted by Crippen LogP contribution is -2.47. The Hall–Kier alpha value is -2.57. The second-order valence-corrected chi connectivity index (χ2v) is 7.39. The largest absolute Gasteiger partial charge is 0.482 e. The van der Waals surface area contributed by atoms with Crippen molar-refractivity contribution >= 4 is 34.8 Å². The van der Waals surface area contributed by atoms with Crippen LogP contribution in [0.5, 0.6) is 5.75 Å². The van der Waals surface area contributed by atoms with Crippen molar-refractivity contribution < 1.29 is 19.1 Å². The van der Waals surface area contributed by atoms with Crippen LogP contribution in [0.2, 0.25) is 5.02 Å². The zero-order valence-electron chi connectivity index (χ0n) is 15.3. The summed E-state index contributed by atoms with van der Waals surface area (Å²) in [4.78, 5) is 28.9. The van der Waals surface area contributed by atoms with Gasteiger partial charge < -0.3 is 14.4 Å². The molecule has 1 saturated heterocycles. The van der Waals surface area contributed by atoms with Crippen LogP contribution in [0, 0.1) is 5.92 Å². The van der Waals surface area contributed by atoms with E-state index >= 15 is 0 Å². The fourth-order valence-corrected chi connectivity index (χ4v) is 3.68. The van der Waals surface area contributed by atoms with E-state index in [1.165, 1.54) is 4.90 Å². The summed E-state index contributed by atoms with van der Waals surface area (Å²) in [6, 6.07) is 14.6. The maximum atomic E-state index is 13.3. The number of carbonyl (C=O) groups excluding carboxylic acids is 2. The Morgan fingerprint density at radius 1 is 1.21 bits per heavy atom. The Bertz CT molecular complexity index is 868. The van der Waals surface area contributed by atoms with Crippen molar-refractivity contribution in [3.63, 3.8) is 0 Å². The molecule has 1 fully saturated rings. The summed E-state index contributed by atoms with van der Waals surface area (Å²) in [7, 11) is 0. The maximum absolute atomic E-state index is 13.3. The van der Waals surface area contributed by atoms with Crippen LogP contribution >= 0.6 is 11.6 Å². The zero-order chi connectivity index (χ0) is 19.5. The highest BCUT2D eigenvalue weighted by Gasteiger charge is 2.31. The van der Waals surface area contributed by atoms with Crippen molar-refractivity contribution in [2.45, 2.75) is 6.42 Å². The number of carbonyl (C=O) groups is 2. The van der Waals surface area contributed by atoms with Gasteiger partial charge in [0.15, 0.2) is 6.61 Å². The van der Waals surface area contributed by atoms with Crippen molar-refractivity contribution in [2.75, 3.05) is 42.7 Å². The third-order valence-electron chi connectivity index (χ3n) is 4.99. The molecule has 0 saturated carbocycles. The predicted molar refractivity (Wildman–Crippen MR) is 107 cm³/mol. The molecule has 146 valence electrons. The number of nitrogens with zero attached hydrogens (tertiary/aromatic N) is 2. The van der Waals surface area contributed by atoms with Crippen molar-refractivity contribution in [3.8, 4) is 5.75 Å². The van der Waals surface area contributed by atoms with Crippen LogP contribution in [-0.2, 0) is 14.3 Å². The van der Waals surface area contributed by atoms with Crippen LogP contribution in [0.3, 0.4) is 0 Å². The Kier molecular flexibility index (Phi) is 5.50. The van der Waals surface area contributed by atoms with Crippen LogP contribution < -0.4 is 14.5 Å². The number of amides is 2. The Morgan fingerprint density at radius 3 is 2.79 bits per heavy atom. The Balaban J connectivity index is 1.59. The summed E-state index contributed by atoms with van der Waals surface area (Å²) in [6.07, 6.45) is 0.922. The molecule has 2 aliphatic heterocycles. The van der Waals surface area contributed by atoms with Gasteiger partial charge in [-0.1, -0.05) is 29.8 Å². The quantitative estimate of drug-likeness (QED) is 0.773. The highest BCUT2D eigenvalue weighted by molar-refractivity contribution is 6.31. The molecule has 0 spiro atoms. The number of benzene rings is 2. The predicted octanol–water partition coefficient (Wildman–Crippen LogP) is 3.14. The van der Waals surface area contributed by atoms with E-state index in [2.05, 4.69) is 0 Å². The van der Waals surface area contributed by atoms with Crippen LogP contribution in [0.25, 0.3) is 0 Å². The second-order valence-electron chi connectivity index (χ2n) is 6.95. The third-order valence-corrected chi connectivity index (χ3v) is 5.23. The van der Waals surface area contributed by atoms with Gasteiger partial charge in [0.1, 0.15) is 12.3 Å². The second kappa shape index (κ2) is 8.20. The number of fused-ring (bicyclic) bond motifs is 1. The Morgan fingerprint density at radius 2 is 2.04 bits per heavy atom. The molecule has 2 aromatic carbocycles. The van der Waals surface area contributed by atoms with Gasteiger partial charge >= 0.3 is 0 Å². The summed E-state index contributed by atoms with van der Waals surface area (Å²) in [6.45, 7) is 1.76. The van der Waals surface area contributed by atoms with Gasteiger partial charge in [-0.2, -0.15) is 0 Å². The SMILES string of the molecule is O=C(CN1C(=O)COc2ccc(Cl)cc21)N(CC1CCOC1)c1ccccc1. The van der Waals surface area contributed by atoms with E-state index in [-0.39, 0.29) is 30.9 Å². The number of anilines is 2. The number of hydrogen-bond donors (Lipinski definition) is 0. The summed E-state index contributed by atoms with van der Waals surface area (Å²) in [5.41, 5.74) is 1.33. The smallest absolute Gasteiger partial charge is 0.265 e. The summed E-state index contributed by atoms with van der Waals surface area (Å²) >= 11 is 6.10. The summed E-state index contributed by atoms with van der Waals surface area (Å²) < 4.78 is 10.9. The van der Waals surface area contributed by atoms with E-state index < -0.39 is 0 Å². The molecule has 4 rings (SSSR count). The topological polar surface area (TPSA) is 59.1 Å². The van der Waals surface area contributed by atoms with Crippen LogP contribution in [0.4, 0.5) is 11.4 Å². The molecule has 0 bridgehead atoms. The molecule has 2 heterocycles. The van der Waals surface area contributed by atoms with Crippen molar-refractivity contribution in [2.24, 2.45) is 5.92 Å². The molecule has 0 N–H and O–H groups in total. The van der Waals surface area contributed by atoms with Crippen molar-refractivity contribution in [3.05, 3.63) is 53.6 Å². The molecule has 1 atom stereocenters.